The monoisotopic (exact) mass is 609 g/mol. The van der Waals surface area contributed by atoms with Gasteiger partial charge in [0, 0.05) is 16.8 Å². The number of hydrogen-bond donors (Lipinski definition) is 0. The molecule has 3 heteroatoms. The van der Waals surface area contributed by atoms with Crippen molar-refractivity contribution in [3.05, 3.63) is 126 Å². The van der Waals surface area contributed by atoms with Crippen LogP contribution in [0, 0.1) is 13.8 Å². The molecule has 0 aliphatic heterocycles. The Bertz CT molecular complexity index is 2460. The Morgan fingerprint density at radius 1 is 0.426 bits per heavy atom. The molecule has 0 saturated carbocycles. The molecule has 0 atom stereocenters. The maximum atomic E-state index is 5.80. The van der Waals surface area contributed by atoms with E-state index in [-0.39, 0.29) is 0 Å². The van der Waals surface area contributed by atoms with Crippen molar-refractivity contribution >= 4 is 81.7 Å². The van der Waals surface area contributed by atoms with Crippen LogP contribution in [0.25, 0.3) is 64.6 Å². The minimum atomic E-state index is 0.639. The molecule has 0 fully saturated rings. The number of fused-ring (bicyclic) bond motifs is 6. The molecule has 0 aliphatic rings. The van der Waals surface area contributed by atoms with E-state index in [4.69, 9.17) is 9.47 Å². The van der Waals surface area contributed by atoms with Gasteiger partial charge in [-0.2, -0.15) is 0 Å². The van der Waals surface area contributed by atoms with Crippen molar-refractivity contribution in [2.75, 3.05) is 18.1 Å². The van der Waals surface area contributed by atoms with Crippen LogP contribution in [0.3, 0.4) is 0 Å². The van der Waals surface area contributed by atoms with E-state index in [0.29, 0.717) is 13.2 Å². The molecular formula is C44H35NO2. The summed E-state index contributed by atoms with van der Waals surface area (Å²) in [4.78, 5) is 2.36. The zero-order chi connectivity index (χ0) is 31.8. The number of ether oxygens (including phenoxy) is 2. The van der Waals surface area contributed by atoms with Gasteiger partial charge in [0.2, 0.25) is 0 Å². The first-order valence-corrected chi connectivity index (χ1v) is 16.6. The van der Waals surface area contributed by atoms with Crippen LogP contribution in [0.2, 0.25) is 0 Å². The number of aryl methyl sites for hydroxylation is 2. The largest absolute Gasteiger partial charge is 0.494 e. The van der Waals surface area contributed by atoms with Crippen LogP contribution in [0.4, 0.5) is 17.1 Å². The van der Waals surface area contributed by atoms with Crippen LogP contribution >= 0.6 is 0 Å². The normalized spacial score (nSPS) is 12.0. The molecule has 9 aromatic carbocycles. The van der Waals surface area contributed by atoms with E-state index >= 15 is 0 Å². The van der Waals surface area contributed by atoms with Gasteiger partial charge in [-0.05, 0) is 153 Å². The molecule has 9 rings (SSSR count). The van der Waals surface area contributed by atoms with Gasteiger partial charge in [0.15, 0.2) is 0 Å². The van der Waals surface area contributed by atoms with Gasteiger partial charge >= 0.3 is 0 Å². The fraction of sp³-hybridized carbons (Fsp3) is 0.136. The number of benzene rings is 7. The molecule has 3 nitrogen and oxygen atoms in total. The summed E-state index contributed by atoms with van der Waals surface area (Å²) in [5.74, 6) is 1.74. The fourth-order valence-electron chi connectivity index (χ4n) is 8.25. The maximum absolute atomic E-state index is 5.80. The second kappa shape index (κ2) is 10.5. The first kappa shape index (κ1) is 27.7. The fourth-order valence-corrected chi connectivity index (χ4v) is 8.25. The highest BCUT2D eigenvalue weighted by atomic mass is 16.5. The Labute approximate surface area is 274 Å². The first-order valence-electron chi connectivity index (χ1n) is 16.6. The summed E-state index contributed by atoms with van der Waals surface area (Å²) >= 11 is 0. The SMILES string of the molecule is CCOc1ccc(N(c2ccc(OCC)cc2)c2ccc3c4c(C)c5c6cccc7cccc(c5c(C)c4c4cccc2c43)c76)cc1. The highest BCUT2D eigenvalue weighted by molar-refractivity contribution is 6.40. The van der Waals surface area contributed by atoms with Gasteiger partial charge in [0.1, 0.15) is 11.5 Å². The summed E-state index contributed by atoms with van der Waals surface area (Å²) in [6.07, 6.45) is 0. The predicted octanol–water partition coefficient (Wildman–Crippen LogP) is 12.4. The van der Waals surface area contributed by atoms with Gasteiger partial charge in [-0.3, -0.25) is 0 Å². The van der Waals surface area contributed by atoms with Crippen LogP contribution < -0.4 is 14.4 Å². The van der Waals surface area contributed by atoms with Gasteiger partial charge in [-0.1, -0.05) is 60.7 Å². The van der Waals surface area contributed by atoms with Crippen LogP contribution in [-0.2, 0) is 0 Å². The zero-order valence-electron chi connectivity index (χ0n) is 27.1. The lowest BCUT2D eigenvalue weighted by molar-refractivity contribution is 0.340. The van der Waals surface area contributed by atoms with E-state index in [1.807, 2.05) is 13.8 Å². The zero-order valence-corrected chi connectivity index (χ0v) is 27.1. The molecule has 0 bridgehead atoms. The minimum absolute atomic E-state index is 0.639. The van der Waals surface area contributed by atoms with E-state index < -0.39 is 0 Å². The lowest BCUT2D eigenvalue weighted by Gasteiger charge is -2.27. The van der Waals surface area contributed by atoms with Crippen molar-refractivity contribution in [1.29, 1.82) is 0 Å². The predicted molar refractivity (Wildman–Crippen MR) is 200 cm³/mol. The van der Waals surface area contributed by atoms with Gasteiger partial charge in [0.05, 0.1) is 18.9 Å². The van der Waals surface area contributed by atoms with Crippen LogP contribution in [-0.4, -0.2) is 13.2 Å². The molecular weight excluding hydrogens is 574 g/mol. The average Bonchev–Trinajstić information content (AvgIpc) is 3.63. The minimum Gasteiger partial charge on any atom is -0.494 e. The number of nitrogens with zero attached hydrogens (tertiary/aromatic N) is 1. The second-order valence-corrected chi connectivity index (χ2v) is 12.5. The summed E-state index contributed by atoms with van der Waals surface area (Å²) in [5, 5.41) is 16.1. The molecule has 0 spiro atoms. The Morgan fingerprint density at radius 2 is 0.851 bits per heavy atom. The number of rotatable bonds is 7. The first-order chi connectivity index (χ1) is 23.1. The molecule has 0 unspecified atom stereocenters. The van der Waals surface area contributed by atoms with Crippen LogP contribution in [0.1, 0.15) is 25.0 Å². The molecule has 228 valence electrons. The van der Waals surface area contributed by atoms with E-state index in [1.165, 1.54) is 75.8 Å². The lowest BCUT2D eigenvalue weighted by Crippen LogP contribution is -2.10. The Hall–Kier alpha value is -5.54. The van der Waals surface area contributed by atoms with Crippen molar-refractivity contribution < 1.29 is 9.47 Å². The smallest absolute Gasteiger partial charge is 0.119 e. The van der Waals surface area contributed by atoms with E-state index in [0.717, 1.165) is 28.6 Å². The van der Waals surface area contributed by atoms with Gasteiger partial charge in [-0.25, -0.2) is 0 Å². The van der Waals surface area contributed by atoms with E-state index in [2.05, 4.69) is 134 Å². The molecule has 0 radical (unpaired) electrons. The van der Waals surface area contributed by atoms with Crippen molar-refractivity contribution in [1.82, 2.24) is 0 Å². The number of hydrogen-bond acceptors (Lipinski definition) is 3. The molecule has 0 N–H and O–H groups in total. The third-order valence-electron chi connectivity index (χ3n) is 10.1. The standard InChI is InChI=1S/C44H35NO2/c1-5-46-31-20-16-29(17-21-31)45(30-18-22-32(23-19-30)47-6-2)38-25-24-37-42-27(4)40-35-14-8-11-28-10-7-13-34(43(28)35)39(40)26(3)41(42)36-15-9-12-33(38)44(36)37/h7-25H,5-6H2,1-4H3. The topological polar surface area (TPSA) is 21.7 Å². The van der Waals surface area contributed by atoms with Crippen molar-refractivity contribution in [2.45, 2.75) is 27.7 Å². The van der Waals surface area contributed by atoms with Crippen LogP contribution in [0.5, 0.6) is 11.5 Å². The van der Waals surface area contributed by atoms with E-state index in [1.54, 1.807) is 0 Å². The summed E-state index contributed by atoms with van der Waals surface area (Å²) in [6.45, 7) is 9.98. The molecule has 0 amide bonds. The van der Waals surface area contributed by atoms with Gasteiger partial charge in [0.25, 0.3) is 0 Å². The summed E-state index contributed by atoms with van der Waals surface area (Å²) in [6, 6.07) is 41.8. The number of anilines is 3. The molecule has 0 saturated heterocycles. The Kier molecular flexibility index (Phi) is 6.20. The van der Waals surface area contributed by atoms with E-state index in [9.17, 15) is 0 Å². The highest BCUT2D eigenvalue weighted by Gasteiger charge is 2.25. The highest BCUT2D eigenvalue weighted by Crippen LogP contribution is 2.51. The summed E-state index contributed by atoms with van der Waals surface area (Å²) in [5.41, 5.74) is 6.02. The lowest BCUT2D eigenvalue weighted by atomic mass is 9.95. The van der Waals surface area contributed by atoms with Crippen molar-refractivity contribution in [3.63, 3.8) is 0 Å². The molecule has 0 aromatic heterocycles. The Balaban J connectivity index is 1.35. The Morgan fingerprint density at radius 3 is 1.34 bits per heavy atom. The summed E-state index contributed by atoms with van der Waals surface area (Å²) < 4.78 is 11.6. The molecule has 9 aromatic rings. The third-order valence-corrected chi connectivity index (χ3v) is 10.1. The summed E-state index contributed by atoms with van der Waals surface area (Å²) in [7, 11) is 0. The molecule has 0 aliphatic carbocycles. The maximum Gasteiger partial charge on any atom is 0.119 e. The van der Waals surface area contributed by atoms with Crippen molar-refractivity contribution in [2.24, 2.45) is 0 Å². The third kappa shape index (κ3) is 3.93. The van der Waals surface area contributed by atoms with Gasteiger partial charge < -0.3 is 14.4 Å². The average molecular weight is 610 g/mol. The molecule has 0 heterocycles. The quantitative estimate of drug-likeness (QED) is 0.179. The molecule has 47 heavy (non-hydrogen) atoms. The second-order valence-electron chi connectivity index (χ2n) is 12.5. The van der Waals surface area contributed by atoms with Crippen LogP contribution in [0.15, 0.2) is 115 Å². The van der Waals surface area contributed by atoms with Gasteiger partial charge in [-0.15, -0.1) is 0 Å². The van der Waals surface area contributed by atoms with Crippen molar-refractivity contribution in [3.8, 4) is 11.5 Å².